The van der Waals surface area contributed by atoms with E-state index in [9.17, 15) is 4.79 Å². The molecule has 2 heterocycles. The van der Waals surface area contributed by atoms with Crippen LogP contribution < -0.4 is 10.2 Å². The minimum Gasteiger partial charge on any atom is -0.369 e. The number of aromatic nitrogens is 2. The Morgan fingerprint density at radius 1 is 1.09 bits per heavy atom. The van der Waals surface area contributed by atoms with E-state index in [1.807, 2.05) is 24.3 Å². The zero-order valence-electron chi connectivity index (χ0n) is 12.6. The van der Waals surface area contributed by atoms with Crippen molar-refractivity contribution in [2.24, 2.45) is 0 Å². The van der Waals surface area contributed by atoms with Crippen molar-refractivity contribution in [3.8, 4) is 0 Å². The third-order valence-corrected chi connectivity index (χ3v) is 3.81. The fourth-order valence-electron chi connectivity index (χ4n) is 2.44. The lowest BCUT2D eigenvalue weighted by Gasteiger charge is -2.34. The maximum atomic E-state index is 12.0. The number of nitrogens with one attached hydrogen (secondary N) is 1. The summed E-state index contributed by atoms with van der Waals surface area (Å²) in [7, 11) is 2.14. The quantitative estimate of drug-likeness (QED) is 0.930. The lowest BCUT2D eigenvalue weighted by Crippen LogP contribution is -2.44. The maximum Gasteiger partial charge on any atom is 0.274 e. The number of anilines is 2. The van der Waals surface area contributed by atoms with Gasteiger partial charge in [-0.2, -0.15) is 0 Å². The summed E-state index contributed by atoms with van der Waals surface area (Å²) >= 11 is 0. The Morgan fingerprint density at radius 3 is 2.45 bits per heavy atom. The lowest BCUT2D eigenvalue weighted by atomic mass is 10.2. The van der Waals surface area contributed by atoms with E-state index in [0.717, 1.165) is 31.9 Å². The second-order valence-corrected chi connectivity index (χ2v) is 5.39. The molecule has 114 valence electrons. The minimum atomic E-state index is -0.227. The first-order valence-electron chi connectivity index (χ1n) is 7.33. The van der Waals surface area contributed by atoms with Gasteiger partial charge in [-0.05, 0) is 37.4 Å². The molecule has 2 aromatic rings. The first-order chi connectivity index (χ1) is 10.7. The molecule has 0 radical (unpaired) electrons. The summed E-state index contributed by atoms with van der Waals surface area (Å²) in [4.78, 5) is 24.4. The van der Waals surface area contributed by atoms with E-state index in [4.69, 9.17) is 0 Å². The van der Waals surface area contributed by atoms with Crippen LogP contribution in [0.15, 0.2) is 42.9 Å². The molecule has 0 spiro atoms. The van der Waals surface area contributed by atoms with Gasteiger partial charge >= 0.3 is 0 Å². The number of nitrogens with zero attached hydrogens (tertiary/aromatic N) is 4. The van der Waals surface area contributed by atoms with E-state index < -0.39 is 0 Å². The summed E-state index contributed by atoms with van der Waals surface area (Å²) in [6, 6.07) is 9.52. The normalized spacial score (nSPS) is 15.6. The van der Waals surface area contributed by atoms with Crippen LogP contribution in [-0.4, -0.2) is 54.0 Å². The highest BCUT2D eigenvalue weighted by molar-refractivity contribution is 6.02. The first-order valence-corrected chi connectivity index (χ1v) is 7.33. The van der Waals surface area contributed by atoms with E-state index in [1.54, 1.807) is 12.3 Å². The molecule has 1 saturated heterocycles. The van der Waals surface area contributed by atoms with Crippen molar-refractivity contribution in [2.45, 2.75) is 0 Å². The van der Waals surface area contributed by atoms with Crippen molar-refractivity contribution in [3.63, 3.8) is 0 Å². The number of carbonyl (C=O) groups is 1. The number of piperazine rings is 1. The molecule has 0 saturated carbocycles. The molecular weight excluding hydrogens is 278 g/mol. The summed E-state index contributed by atoms with van der Waals surface area (Å²) in [5.74, 6) is -0.227. The van der Waals surface area contributed by atoms with E-state index >= 15 is 0 Å². The van der Waals surface area contributed by atoms with Crippen LogP contribution in [0.5, 0.6) is 0 Å². The molecule has 1 fully saturated rings. The van der Waals surface area contributed by atoms with Crippen LogP contribution >= 0.6 is 0 Å². The Kier molecular flexibility index (Phi) is 4.29. The van der Waals surface area contributed by atoms with Crippen LogP contribution in [0, 0.1) is 0 Å². The SMILES string of the molecule is CN1CCN(c2ccc(NC(=O)c3ccncn3)cc2)CC1. The van der Waals surface area contributed by atoms with Crippen molar-refractivity contribution in [3.05, 3.63) is 48.5 Å². The van der Waals surface area contributed by atoms with Gasteiger partial charge in [0.1, 0.15) is 12.0 Å². The fourth-order valence-corrected chi connectivity index (χ4v) is 2.44. The highest BCUT2D eigenvalue weighted by atomic mass is 16.1. The van der Waals surface area contributed by atoms with Crippen LogP contribution in [-0.2, 0) is 0 Å². The second-order valence-electron chi connectivity index (χ2n) is 5.39. The van der Waals surface area contributed by atoms with Gasteiger partial charge in [0.2, 0.25) is 0 Å². The van der Waals surface area contributed by atoms with E-state index in [0.29, 0.717) is 5.69 Å². The van der Waals surface area contributed by atoms with Gasteiger partial charge in [-0.15, -0.1) is 0 Å². The third kappa shape index (κ3) is 3.40. The predicted octanol–water partition coefficient (Wildman–Crippen LogP) is 1.48. The van der Waals surface area contributed by atoms with Gasteiger partial charge in [-0.3, -0.25) is 4.79 Å². The second kappa shape index (κ2) is 6.53. The van der Waals surface area contributed by atoms with Gasteiger partial charge in [0.25, 0.3) is 5.91 Å². The van der Waals surface area contributed by atoms with Gasteiger partial charge in [-0.25, -0.2) is 9.97 Å². The van der Waals surface area contributed by atoms with Crippen LogP contribution in [0.4, 0.5) is 11.4 Å². The highest BCUT2D eigenvalue weighted by Crippen LogP contribution is 2.19. The molecule has 6 heteroatoms. The Bertz CT molecular complexity index is 621. The Morgan fingerprint density at radius 2 is 1.82 bits per heavy atom. The molecule has 6 nitrogen and oxygen atoms in total. The Hall–Kier alpha value is -2.47. The van der Waals surface area contributed by atoms with E-state index in [1.165, 1.54) is 12.0 Å². The molecule has 3 rings (SSSR count). The average molecular weight is 297 g/mol. The van der Waals surface area contributed by atoms with Crippen LogP contribution in [0.1, 0.15) is 10.5 Å². The maximum absolute atomic E-state index is 12.0. The Labute approximate surface area is 129 Å². The number of rotatable bonds is 3. The lowest BCUT2D eigenvalue weighted by molar-refractivity contribution is 0.102. The van der Waals surface area contributed by atoms with E-state index in [2.05, 4.69) is 32.1 Å². The molecule has 1 aromatic carbocycles. The number of likely N-dealkylation sites (N-methyl/N-ethyl adjacent to an activating group) is 1. The number of benzene rings is 1. The molecule has 1 amide bonds. The number of carbonyl (C=O) groups excluding carboxylic acids is 1. The number of amides is 1. The van der Waals surface area contributed by atoms with Gasteiger partial charge in [0.15, 0.2) is 0 Å². The predicted molar refractivity (Wildman–Crippen MR) is 86.1 cm³/mol. The van der Waals surface area contributed by atoms with Crippen LogP contribution in [0.3, 0.4) is 0 Å². The topological polar surface area (TPSA) is 61.4 Å². The van der Waals surface area contributed by atoms with Gasteiger partial charge in [0.05, 0.1) is 0 Å². The molecule has 1 aromatic heterocycles. The van der Waals surface area contributed by atoms with Gasteiger partial charge in [0, 0.05) is 43.8 Å². The monoisotopic (exact) mass is 297 g/mol. The average Bonchev–Trinajstić information content (AvgIpc) is 2.57. The van der Waals surface area contributed by atoms with Crippen molar-refractivity contribution >= 4 is 17.3 Å². The molecule has 0 aliphatic carbocycles. The molecule has 1 aliphatic rings. The largest absolute Gasteiger partial charge is 0.369 e. The zero-order valence-corrected chi connectivity index (χ0v) is 12.6. The molecule has 22 heavy (non-hydrogen) atoms. The number of hydrogen-bond acceptors (Lipinski definition) is 5. The van der Waals surface area contributed by atoms with Crippen molar-refractivity contribution in [1.82, 2.24) is 14.9 Å². The van der Waals surface area contributed by atoms with Gasteiger partial charge < -0.3 is 15.1 Å². The molecule has 0 bridgehead atoms. The van der Waals surface area contributed by atoms with Crippen LogP contribution in [0.2, 0.25) is 0 Å². The highest BCUT2D eigenvalue weighted by Gasteiger charge is 2.14. The van der Waals surface area contributed by atoms with Crippen molar-refractivity contribution in [1.29, 1.82) is 0 Å². The minimum absolute atomic E-state index is 0.227. The summed E-state index contributed by atoms with van der Waals surface area (Å²) in [5, 5.41) is 2.84. The third-order valence-electron chi connectivity index (χ3n) is 3.81. The summed E-state index contributed by atoms with van der Waals surface area (Å²) in [6.45, 7) is 4.21. The number of hydrogen-bond donors (Lipinski definition) is 1. The summed E-state index contributed by atoms with van der Waals surface area (Å²) in [5.41, 5.74) is 2.31. The molecule has 1 aliphatic heterocycles. The summed E-state index contributed by atoms with van der Waals surface area (Å²) < 4.78 is 0. The molecule has 0 atom stereocenters. The zero-order chi connectivity index (χ0) is 15.4. The fraction of sp³-hybridized carbons (Fsp3) is 0.312. The Balaban J connectivity index is 1.63. The van der Waals surface area contributed by atoms with E-state index in [-0.39, 0.29) is 5.91 Å². The van der Waals surface area contributed by atoms with Crippen molar-refractivity contribution < 1.29 is 4.79 Å². The summed E-state index contributed by atoms with van der Waals surface area (Å²) in [6.07, 6.45) is 2.92. The standard InChI is InChI=1S/C16H19N5O/c1-20-8-10-21(11-9-20)14-4-2-13(3-5-14)19-16(22)15-6-7-17-12-18-15/h2-7,12H,8-11H2,1H3,(H,19,22). The van der Waals surface area contributed by atoms with Crippen LogP contribution in [0.25, 0.3) is 0 Å². The molecule has 0 unspecified atom stereocenters. The molecular formula is C16H19N5O. The van der Waals surface area contributed by atoms with Crippen molar-refractivity contribution in [2.75, 3.05) is 43.4 Å². The molecule has 1 N–H and O–H groups in total. The van der Waals surface area contributed by atoms with Gasteiger partial charge in [-0.1, -0.05) is 0 Å². The first kappa shape index (κ1) is 14.5. The smallest absolute Gasteiger partial charge is 0.274 e.